The van der Waals surface area contributed by atoms with Crippen molar-refractivity contribution in [1.82, 2.24) is 0 Å². The number of halogens is 2. The van der Waals surface area contributed by atoms with Crippen molar-refractivity contribution in [2.75, 3.05) is 9.80 Å². The summed E-state index contributed by atoms with van der Waals surface area (Å²) in [4.78, 5) is 50.5. The SMILES string of the molecule is CC(C)[C@H]1[C@H](c2ccc([N+](=O)[O-])cc2)C[C@@H]2O[C@@]1(O)C(=O)N2c1ccc(Cl)cc1.CC(C)[C@H]1[C@H](c2ccc([N+](=O)[O-])cc2)C[C@@H]2O[C@@]1(O)C(=O)N2c1ccc(Cl)cc1. The first kappa shape index (κ1) is 41.2. The fourth-order valence-corrected chi connectivity index (χ4v) is 9.48. The van der Waals surface area contributed by atoms with Crippen molar-refractivity contribution in [2.45, 2.75) is 76.4 Å². The summed E-state index contributed by atoms with van der Waals surface area (Å²) in [6.45, 7) is 7.73. The zero-order valence-electron chi connectivity index (χ0n) is 32.0. The van der Waals surface area contributed by atoms with E-state index in [2.05, 4.69) is 0 Å². The highest BCUT2D eigenvalue weighted by molar-refractivity contribution is 6.31. The molecule has 4 bridgehead atoms. The van der Waals surface area contributed by atoms with Crippen molar-refractivity contribution in [1.29, 1.82) is 0 Å². The molecule has 4 saturated heterocycles. The van der Waals surface area contributed by atoms with Gasteiger partial charge in [-0.2, -0.15) is 0 Å². The Bertz CT molecular complexity index is 2050. The molecule has 2 amide bonds. The molecular formula is C42H42Cl2N4O10. The van der Waals surface area contributed by atoms with Crippen LogP contribution in [0.25, 0.3) is 0 Å². The number of non-ortho nitro benzene ring substituents is 2. The average Bonchev–Trinajstić information content (AvgIpc) is 3.51. The Morgan fingerprint density at radius 2 is 0.914 bits per heavy atom. The standard InChI is InChI=1S/2C21H21ClN2O5/c2*1-12(2)19-17(13-3-7-16(8-4-13)24(27)28)11-18-23(20(25)21(19,26)29-18)15-9-5-14(22)6-10-15/h2*3-10,12,17-19,26H,11H2,1-2H3/t2*17-,18-,19-,21+/m00/s1. The number of hydrogen-bond donors (Lipinski definition) is 2. The normalized spacial score (nSPS) is 28.8. The highest BCUT2D eigenvalue weighted by Gasteiger charge is 2.65. The van der Waals surface area contributed by atoms with E-state index >= 15 is 0 Å². The van der Waals surface area contributed by atoms with Gasteiger partial charge >= 0.3 is 0 Å². The summed E-state index contributed by atoms with van der Waals surface area (Å²) in [5.41, 5.74) is 2.89. The molecule has 4 aliphatic rings. The van der Waals surface area contributed by atoms with Crippen LogP contribution in [0.5, 0.6) is 0 Å². The molecule has 4 aliphatic heterocycles. The Balaban J connectivity index is 0.000000177. The minimum atomic E-state index is -1.96. The molecule has 16 heteroatoms. The van der Waals surface area contributed by atoms with Gasteiger partial charge in [-0.15, -0.1) is 0 Å². The molecular weight excluding hydrogens is 791 g/mol. The van der Waals surface area contributed by atoms with E-state index in [1.54, 1.807) is 72.8 Å². The van der Waals surface area contributed by atoms with Crippen LogP contribution in [-0.2, 0) is 19.1 Å². The number of hydrogen-bond acceptors (Lipinski definition) is 10. The minimum Gasteiger partial charge on any atom is -0.358 e. The number of anilines is 2. The molecule has 0 aliphatic carbocycles. The van der Waals surface area contributed by atoms with Gasteiger partial charge in [0.15, 0.2) is 0 Å². The molecule has 4 fully saturated rings. The lowest BCUT2D eigenvalue weighted by Gasteiger charge is -2.42. The first-order valence-electron chi connectivity index (χ1n) is 18.9. The van der Waals surface area contributed by atoms with Crippen molar-refractivity contribution in [3.63, 3.8) is 0 Å². The van der Waals surface area contributed by atoms with E-state index in [1.807, 2.05) is 27.7 Å². The van der Waals surface area contributed by atoms with Crippen LogP contribution < -0.4 is 9.80 Å². The van der Waals surface area contributed by atoms with Gasteiger partial charge in [0.05, 0.1) is 9.85 Å². The lowest BCUT2D eigenvalue weighted by Crippen LogP contribution is -2.52. The molecule has 0 unspecified atom stereocenters. The molecule has 0 aromatic heterocycles. The van der Waals surface area contributed by atoms with E-state index in [-0.39, 0.29) is 35.0 Å². The second-order valence-corrected chi connectivity index (χ2v) is 16.6. The lowest BCUT2D eigenvalue weighted by atomic mass is 9.71. The number of nitrogens with zero attached hydrogens (tertiary/aromatic N) is 4. The van der Waals surface area contributed by atoms with E-state index in [1.165, 1.54) is 34.1 Å². The molecule has 0 radical (unpaired) electrons. The molecule has 304 valence electrons. The van der Waals surface area contributed by atoms with Crippen LogP contribution in [0.2, 0.25) is 10.0 Å². The van der Waals surface area contributed by atoms with Gasteiger partial charge in [0.25, 0.3) is 34.8 Å². The molecule has 4 aromatic rings. The zero-order valence-corrected chi connectivity index (χ0v) is 33.5. The number of carbonyl (C=O) groups is 2. The fraction of sp³-hybridized carbons (Fsp3) is 0.381. The minimum absolute atomic E-state index is 0.00228. The van der Waals surface area contributed by atoms with E-state index in [0.717, 1.165) is 11.1 Å². The van der Waals surface area contributed by atoms with Crippen LogP contribution in [0.1, 0.15) is 63.5 Å². The van der Waals surface area contributed by atoms with Crippen LogP contribution in [0.15, 0.2) is 97.1 Å². The molecule has 2 N–H and O–H groups in total. The van der Waals surface area contributed by atoms with Gasteiger partial charge < -0.3 is 19.7 Å². The number of ether oxygens (including phenoxy) is 2. The van der Waals surface area contributed by atoms with E-state index < -0.39 is 57.5 Å². The van der Waals surface area contributed by atoms with Gasteiger partial charge in [0, 0.05) is 70.4 Å². The fourth-order valence-electron chi connectivity index (χ4n) is 9.23. The second kappa shape index (κ2) is 15.7. The first-order valence-corrected chi connectivity index (χ1v) is 19.7. The van der Waals surface area contributed by atoms with Gasteiger partial charge in [-0.05, 0) is 83.3 Å². The van der Waals surface area contributed by atoms with E-state index in [0.29, 0.717) is 34.3 Å². The topological polar surface area (TPSA) is 186 Å². The van der Waals surface area contributed by atoms with Gasteiger partial charge in [-0.3, -0.25) is 39.6 Å². The van der Waals surface area contributed by atoms with Gasteiger partial charge in [-0.1, -0.05) is 75.2 Å². The Hall–Kier alpha value is -4.96. The molecule has 14 nitrogen and oxygen atoms in total. The molecule has 58 heavy (non-hydrogen) atoms. The van der Waals surface area contributed by atoms with Gasteiger partial charge in [-0.25, -0.2) is 0 Å². The molecule has 0 spiro atoms. The van der Waals surface area contributed by atoms with Gasteiger partial charge in [0.2, 0.25) is 0 Å². The third-order valence-corrected chi connectivity index (χ3v) is 12.2. The number of rotatable bonds is 8. The Morgan fingerprint density at radius 1 is 0.603 bits per heavy atom. The van der Waals surface area contributed by atoms with Crippen LogP contribution in [0.4, 0.5) is 22.7 Å². The maximum Gasteiger partial charge on any atom is 0.289 e. The average molecular weight is 834 g/mol. The number of amides is 2. The summed E-state index contributed by atoms with van der Waals surface area (Å²) in [6, 6.07) is 26.2. The third kappa shape index (κ3) is 7.22. The van der Waals surface area contributed by atoms with Crippen molar-refractivity contribution in [3.05, 3.63) is 138 Å². The smallest absolute Gasteiger partial charge is 0.289 e. The maximum atomic E-state index is 13.3. The van der Waals surface area contributed by atoms with Crippen LogP contribution >= 0.6 is 23.2 Å². The monoisotopic (exact) mass is 832 g/mol. The highest BCUT2D eigenvalue weighted by Crippen LogP contribution is 2.54. The van der Waals surface area contributed by atoms with Crippen molar-refractivity contribution in [2.24, 2.45) is 23.7 Å². The van der Waals surface area contributed by atoms with Crippen molar-refractivity contribution >= 4 is 57.8 Å². The number of nitro benzene ring substituents is 2. The summed E-state index contributed by atoms with van der Waals surface area (Å²) >= 11 is 11.9. The quantitative estimate of drug-likeness (QED) is 0.130. The largest absolute Gasteiger partial charge is 0.358 e. The maximum absolute atomic E-state index is 13.3. The number of carbonyl (C=O) groups excluding carboxylic acids is 2. The van der Waals surface area contributed by atoms with Gasteiger partial charge in [0.1, 0.15) is 12.5 Å². The summed E-state index contributed by atoms with van der Waals surface area (Å²) in [5.74, 6) is -6.39. The number of aliphatic hydroxyl groups is 2. The molecule has 4 heterocycles. The molecule has 0 saturated carbocycles. The first-order chi connectivity index (χ1) is 27.4. The molecule has 4 aromatic carbocycles. The highest BCUT2D eigenvalue weighted by atomic mass is 35.5. The molecule has 8 atom stereocenters. The Labute approximate surface area is 344 Å². The Kier molecular flexibility index (Phi) is 11.1. The van der Waals surface area contributed by atoms with Crippen molar-refractivity contribution in [3.8, 4) is 0 Å². The number of benzene rings is 4. The van der Waals surface area contributed by atoms with Crippen LogP contribution in [0.3, 0.4) is 0 Å². The predicted molar refractivity (Wildman–Crippen MR) is 215 cm³/mol. The summed E-state index contributed by atoms with van der Waals surface area (Å²) in [7, 11) is 0. The number of nitro groups is 2. The van der Waals surface area contributed by atoms with Crippen LogP contribution in [-0.4, -0.2) is 55.9 Å². The summed E-state index contributed by atoms with van der Waals surface area (Å²) in [5, 5.41) is 45.7. The number of fused-ring (bicyclic) bond motifs is 4. The molecule has 8 rings (SSSR count). The third-order valence-electron chi connectivity index (χ3n) is 11.6. The summed E-state index contributed by atoms with van der Waals surface area (Å²) < 4.78 is 11.7. The van der Waals surface area contributed by atoms with Crippen LogP contribution in [0, 0.1) is 43.9 Å². The second-order valence-electron chi connectivity index (χ2n) is 15.8. The Morgan fingerprint density at radius 3 is 1.19 bits per heavy atom. The van der Waals surface area contributed by atoms with Crippen molar-refractivity contribution < 1.29 is 39.1 Å². The van der Waals surface area contributed by atoms with E-state index in [4.69, 9.17) is 32.7 Å². The predicted octanol–water partition coefficient (Wildman–Crippen LogP) is 8.17. The van der Waals surface area contributed by atoms with E-state index in [9.17, 15) is 40.0 Å². The lowest BCUT2D eigenvalue weighted by molar-refractivity contribution is -0.385. The summed E-state index contributed by atoms with van der Waals surface area (Å²) in [6.07, 6.45) is -0.331. The zero-order chi connectivity index (χ0) is 41.8.